The standard InChI is InChI=1S/C25H28IN9O/c1-34-9-11-35(12-10-34)24-22(26)23(28-21-14-19(31-32-21)17-7-8-17)29-25(30-24)27-15-18-13-20(33-36-18)16-5-3-2-4-6-16/h2-6,13-14,17H,7-12,15H2,1H3,(H3,27,28,29,30,31,32). The molecule has 0 radical (unpaired) electrons. The third-order valence-corrected chi connectivity index (χ3v) is 7.54. The van der Waals surface area contributed by atoms with Crippen LogP contribution >= 0.6 is 22.6 Å². The Morgan fingerprint density at radius 3 is 2.67 bits per heavy atom. The average Bonchev–Trinajstić information content (AvgIpc) is 3.46. The summed E-state index contributed by atoms with van der Waals surface area (Å²) in [5.74, 6) is 4.28. The van der Waals surface area contributed by atoms with E-state index >= 15 is 0 Å². The molecule has 3 aromatic heterocycles. The van der Waals surface area contributed by atoms with Gasteiger partial charge in [-0.05, 0) is 42.5 Å². The number of halogens is 1. The lowest BCUT2D eigenvalue weighted by atomic mass is 10.1. The molecule has 2 aliphatic rings. The van der Waals surface area contributed by atoms with E-state index in [0.29, 0.717) is 24.2 Å². The van der Waals surface area contributed by atoms with Crippen LogP contribution in [0.25, 0.3) is 11.3 Å². The highest BCUT2D eigenvalue weighted by Gasteiger charge is 2.26. The van der Waals surface area contributed by atoms with Gasteiger partial charge in [-0.1, -0.05) is 35.5 Å². The van der Waals surface area contributed by atoms with E-state index in [1.807, 2.05) is 36.4 Å². The van der Waals surface area contributed by atoms with E-state index in [1.165, 1.54) is 18.5 Å². The third kappa shape index (κ3) is 5.16. The van der Waals surface area contributed by atoms with Crippen molar-refractivity contribution in [2.75, 3.05) is 48.8 Å². The molecule has 10 nitrogen and oxygen atoms in total. The van der Waals surface area contributed by atoms with Gasteiger partial charge in [-0.15, -0.1) is 0 Å². The van der Waals surface area contributed by atoms with E-state index in [0.717, 1.165) is 58.5 Å². The molecule has 1 aliphatic heterocycles. The predicted octanol–water partition coefficient (Wildman–Crippen LogP) is 4.44. The molecule has 1 aliphatic carbocycles. The Kier molecular flexibility index (Phi) is 6.48. The molecule has 3 N–H and O–H groups in total. The highest BCUT2D eigenvalue weighted by atomic mass is 127. The first kappa shape index (κ1) is 23.2. The van der Waals surface area contributed by atoms with E-state index in [-0.39, 0.29) is 0 Å². The van der Waals surface area contributed by atoms with Crippen molar-refractivity contribution in [3.63, 3.8) is 0 Å². The van der Waals surface area contributed by atoms with Gasteiger partial charge in [0, 0.05) is 55.5 Å². The zero-order valence-corrected chi connectivity index (χ0v) is 22.2. The molecule has 0 unspecified atom stereocenters. The summed E-state index contributed by atoms with van der Waals surface area (Å²) in [7, 11) is 2.15. The largest absolute Gasteiger partial charge is 0.359 e. The lowest BCUT2D eigenvalue weighted by Gasteiger charge is -2.34. The van der Waals surface area contributed by atoms with E-state index < -0.39 is 0 Å². The van der Waals surface area contributed by atoms with E-state index in [2.05, 4.69) is 71.5 Å². The predicted molar refractivity (Wildman–Crippen MR) is 148 cm³/mol. The maximum absolute atomic E-state index is 5.56. The molecule has 0 bridgehead atoms. The minimum absolute atomic E-state index is 0.427. The molecule has 186 valence electrons. The Labute approximate surface area is 223 Å². The maximum Gasteiger partial charge on any atom is 0.227 e. The second-order valence-corrected chi connectivity index (χ2v) is 10.4. The number of hydrogen-bond donors (Lipinski definition) is 3. The fourth-order valence-corrected chi connectivity index (χ4v) is 4.97. The van der Waals surface area contributed by atoms with Crippen molar-refractivity contribution in [2.24, 2.45) is 0 Å². The fraction of sp³-hybridized carbons (Fsp3) is 0.360. The Bertz CT molecular complexity index is 1330. The number of aromatic nitrogens is 5. The van der Waals surface area contributed by atoms with Crippen molar-refractivity contribution in [3.05, 3.63) is 57.5 Å². The minimum atomic E-state index is 0.427. The van der Waals surface area contributed by atoms with Gasteiger partial charge in [0.1, 0.15) is 11.5 Å². The highest BCUT2D eigenvalue weighted by molar-refractivity contribution is 14.1. The van der Waals surface area contributed by atoms with Crippen molar-refractivity contribution in [1.29, 1.82) is 0 Å². The molecule has 1 saturated carbocycles. The monoisotopic (exact) mass is 597 g/mol. The van der Waals surface area contributed by atoms with Gasteiger partial charge in [0.15, 0.2) is 17.4 Å². The first-order chi connectivity index (χ1) is 17.6. The molecular formula is C25H28IN9O. The van der Waals surface area contributed by atoms with Crippen LogP contribution in [0, 0.1) is 3.57 Å². The van der Waals surface area contributed by atoms with Crippen molar-refractivity contribution >= 4 is 46.0 Å². The van der Waals surface area contributed by atoms with Gasteiger partial charge in [0.05, 0.1) is 10.1 Å². The highest BCUT2D eigenvalue weighted by Crippen LogP contribution is 2.40. The second kappa shape index (κ2) is 10.1. The number of nitrogens with one attached hydrogen (secondary N) is 3. The van der Waals surface area contributed by atoms with Gasteiger partial charge in [0.25, 0.3) is 0 Å². The summed E-state index contributed by atoms with van der Waals surface area (Å²) in [5.41, 5.74) is 3.01. The molecule has 0 atom stereocenters. The quantitative estimate of drug-likeness (QED) is 0.254. The molecular weight excluding hydrogens is 569 g/mol. The van der Waals surface area contributed by atoms with Gasteiger partial charge < -0.3 is 25.0 Å². The summed E-state index contributed by atoms with van der Waals surface area (Å²) >= 11 is 2.34. The number of H-pyrrole nitrogens is 1. The number of benzene rings is 1. The number of anilines is 4. The fourth-order valence-electron chi connectivity index (χ4n) is 4.26. The van der Waals surface area contributed by atoms with E-state index in [9.17, 15) is 0 Å². The van der Waals surface area contributed by atoms with E-state index in [4.69, 9.17) is 14.5 Å². The zero-order valence-electron chi connectivity index (χ0n) is 20.0. The average molecular weight is 597 g/mol. The first-order valence-corrected chi connectivity index (χ1v) is 13.3. The van der Waals surface area contributed by atoms with Crippen LogP contribution in [0.5, 0.6) is 0 Å². The van der Waals surface area contributed by atoms with Gasteiger partial charge in [0.2, 0.25) is 5.95 Å². The number of nitrogens with zero attached hydrogens (tertiary/aromatic N) is 6. The Hall–Kier alpha value is -3.19. The first-order valence-electron chi connectivity index (χ1n) is 12.2. The van der Waals surface area contributed by atoms with Crippen LogP contribution in [-0.2, 0) is 6.54 Å². The number of rotatable bonds is 8. The van der Waals surface area contributed by atoms with Gasteiger partial charge in [-0.2, -0.15) is 15.1 Å². The molecule has 6 rings (SSSR count). The van der Waals surface area contributed by atoms with Crippen molar-refractivity contribution in [1.82, 2.24) is 30.2 Å². The number of hydrogen-bond acceptors (Lipinski definition) is 9. The summed E-state index contributed by atoms with van der Waals surface area (Å²) in [6.07, 6.45) is 2.45. The second-order valence-electron chi connectivity index (χ2n) is 9.33. The van der Waals surface area contributed by atoms with Crippen LogP contribution in [0.3, 0.4) is 0 Å². The van der Waals surface area contributed by atoms with Gasteiger partial charge in [-0.25, -0.2) is 0 Å². The van der Waals surface area contributed by atoms with Crippen molar-refractivity contribution in [3.8, 4) is 11.3 Å². The smallest absolute Gasteiger partial charge is 0.227 e. The normalized spacial score (nSPS) is 16.3. The van der Waals surface area contributed by atoms with Crippen LogP contribution in [0.4, 0.5) is 23.4 Å². The zero-order chi connectivity index (χ0) is 24.5. The summed E-state index contributed by atoms with van der Waals surface area (Å²) in [6, 6.07) is 14.0. The van der Waals surface area contributed by atoms with Gasteiger partial charge >= 0.3 is 0 Å². The maximum atomic E-state index is 5.56. The SMILES string of the molecule is CN1CCN(c2nc(NCc3cc(-c4ccccc4)no3)nc(Nc3cc(C4CC4)[nH]n3)c2I)CC1. The minimum Gasteiger partial charge on any atom is -0.359 e. The summed E-state index contributed by atoms with van der Waals surface area (Å²) < 4.78 is 6.54. The molecule has 4 aromatic rings. The summed E-state index contributed by atoms with van der Waals surface area (Å²) in [6.45, 7) is 4.25. The summed E-state index contributed by atoms with van der Waals surface area (Å²) in [4.78, 5) is 14.3. The number of piperazine rings is 1. The third-order valence-electron chi connectivity index (χ3n) is 6.55. The molecule has 1 saturated heterocycles. The molecule has 36 heavy (non-hydrogen) atoms. The number of likely N-dealkylation sites (N-methyl/N-ethyl adjacent to an activating group) is 1. The molecule has 1 aromatic carbocycles. The van der Waals surface area contributed by atoms with Crippen LogP contribution in [-0.4, -0.2) is 63.4 Å². The Morgan fingerprint density at radius 1 is 1.08 bits per heavy atom. The van der Waals surface area contributed by atoms with Crippen molar-refractivity contribution < 1.29 is 4.52 Å². The number of aromatic amines is 1. The van der Waals surface area contributed by atoms with Crippen LogP contribution < -0.4 is 15.5 Å². The van der Waals surface area contributed by atoms with E-state index in [1.54, 1.807) is 0 Å². The van der Waals surface area contributed by atoms with Crippen LogP contribution in [0.2, 0.25) is 0 Å². The molecule has 0 spiro atoms. The lowest BCUT2D eigenvalue weighted by Crippen LogP contribution is -2.45. The summed E-state index contributed by atoms with van der Waals surface area (Å²) in [5, 5.41) is 18.6. The van der Waals surface area contributed by atoms with Gasteiger partial charge in [-0.3, -0.25) is 5.10 Å². The lowest BCUT2D eigenvalue weighted by molar-refractivity contribution is 0.312. The molecule has 0 amide bonds. The van der Waals surface area contributed by atoms with Crippen LogP contribution in [0.1, 0.15) is 30.2 Å². The van der Waals surface area contributed by atoms with Crippen LogP contribution in [0.15, 0.2) is 47.0 Å². The molecule has 11 heteroatoms. The topological polar surface area (TPSA) is 111 Å². The van der Waals surface area contributed by atoms with Crippen molar-refractivity contribution in [2.45, 2.75) is 25.3 Å². The molecule has 2 fully saturated rings. The Morgan fingerprint density at radius 2 is 1.89 bits per heavy atom. The molecule has 4 heterocycles. The Balaban J connectivity index is 1.24.